The lowest BCUT2D eigenvalue weighted by atomic mass is 9.84. The molecule has 0 aliphatic heterocycles. The highest BCUT2D eigenvalue weighted by Crippen LogP contribution is 2.43. The van der Waals surface area contributed by atoms with Crippen LogP contribution < -0.4 is 5.32 Å². The molecular formula is C12H15ClN2O2S. The van der Waals surface area contributed by atoms with Gasteiger partial charge in [0.15, 0.2) is 0 Å². The molecule has 1 aromatic rings. The van der Waals surface area contributed by atoms with Gasteiger partial charge in [0.1, 0.15) is 5.69 Å². The SMILES string of the molecule is CSC1(CNc2cc(Cl)ccc2[N+](=O)[O-])CCC1. The molecule has 0 atom stereocenters. The summed E-state index contributed by atoms with van der Waals surface area (Å²) in [6, 6.07) is 4.60. The second kappa shape index (κ2) is 5.36. The normalized spacial score (nSPS) is 17.0. The third-order valence-electron chi connectivity index (χ3n) is 3.45. The van der Waals surface area contributed by atoms with Gasteiger partial charge in [0.25, 0.3) is 5.69 Å². The molecule has 0 saturated heterocycles. The fourth-order valence-electron chi connectivity index (χ4n) is 2.09. The molecule has 0 unspecified atom stereocenters. The largest absolute Gasteiger partial charge is 0.378 e. The average molecular weight is 287 g/mol. The summed E-state index contributed by atoms with van der Waals surface area (Å²) in [6.45, 7) is 0.745. The van der Waals surface area contributed by atoms with E-state index in [0.29, 0.717) is 10.7 Å². The Hall–Kier alpha value is -0.940. The molecule has 98 valence electrons. The summed E-state index contributed by atoms with van der Waals surface area (Å²) in [5.74, 6) is 0. The molecule has 1 aliphatic carbocycles. The lowest BCUT2D eigenvalue weighted by molar-refractivity contribution is -0.384. The van der Waals surface area contributed by atoms with E-state index in [1.165, 1.54) is 12.5 Å². The van der Waals surface area contributed by atoms with Crippen molar-refractivity contribution in [2.24, 2.45) is 0 Å². The Morgan fingerprint density at radius 1 is 1.56 bits per heavy atom. The zero-order valence-corrected chi connectivity index (χ0v) is 11.7. The standard InChI is InChI=1S/C12H15ClN2O2S/c1-18-12(5-2-6-12)8-14-10-7-9(13)3-4-11(10)15(16)17/h3-4,7,14H,2,5-6,8H2,1H3. The Morgan fingerprint density at radius 2 is 2.28 bits per heavy atom. The van der Waals surface area contributed by atoms with E-state index in [-0.39, 0.29) is 15.4 Å². The van der Waals surface area contributed by atoms with E-state index < -0.39 is 0 Å². The minimum absolute atomic E-state index is 0.0787. The van der Waals surface area contributed by atoms with Crippen molar-refractivity contribution in [1.82, 2.24) is 0 Å². The van der Waals surface area contributed by atoms with Crippen LogP contribution in [0.2, 0.25) is 5.02 Å². The number of thioether (sulfide) groups is 1. The molecule has 6 heteroatoms. The van der Waals surface area contributed by atoms with Crippen LogP contribution in [0.5, 0.6) is 0 Å². The van der Waals surface area contributed by atoms with Gasteiger partial charge in [0.05, 0.1) is 4.92 Å². The van der Waals surface area contributed by atoms with E-state index >= 15 is 0 Å². The predicted octanol–water partition coefficient (Wildman–Crippen LogP) is 3.95. The Kier molecular flexibility index (Phi) is 4.02. The molecule has 0 radical (unpaired) electrons. The van der Waals surface area contributed by atoms with Crippen LogP contribution in [-0.4, -0.2) is 22.5 Å². The van der Waals surface area contributed by atoms with Gasteiger partial charge in [-0.2, -0.15) is 11.8 Å². The zero-order valence-electron chi connectivity index (χ0n) is 10.1. The number of nitrogens with one attached hydrogen (secondary N) is 1. The van der Waals surface area contributed by atoms with Crippen LogP contribution in [0.4, 0.5) is 11.4 Å². The minimum Gasteiger partial charge on any atom is -0.378 e. The van der Waals surface area contributed by atoms with E-state index in [4.69, 9.17) is 11.6 Å². The number of hydrogen-bond donors (Lipinski definition) is 1. The second-order valence-corrected chi connectivity index (χ2v) is 6.22. The van der Waals surface area contributed by atoms with Gasteiger partial charge in [0.2, 0.25) is 0 Å². The molecule has 1 aliphatic rings. The van der Waals surface area contributed by atoms with Gasteiger partial charge in [0, 0.05) is 22.4 Å². The number of nitrogens with zero attached hydrogens (tertiary/aromatic N) is 1. The van der Waals surface area contributed by atoms with Gasteiger partial charge in [-0.15, -0.1) is 0 Å². The van der Waals surface area contributed by atoms with Gasteiger partial charge in [-0.3, -0.25) is 10.1 Å². The van der Waals surface area contributed by atoms with Crippen LogP contribution in [0.1, 0.15) is 19.3 Å². The van der Waals surface area contributed by atoms with E-state index in [0.717, 1.165) is 19.4 Å². The summed E-state index contributed by atoms with van der Waals surface area (Å²) in [6.07, 6.45) is 5.65. The second-order valence-electron chi connectivity index (χ2n) is 4.51. The highest BCUT2D eigenvalue weighted by Gasteiger charge is 2.36. The van der Waals surface area contributed by atoms with E-state index in [2.05, 4.69) is 11.6 Å². The van der Waals surface area contributed by atoms with E-state index in [1.807, 2.05) is 11.8 Å². The van der Waals surface area contributed by atoms with Crippen LogP contribution in [0.3, 0.4) is 0 Å². The predicted molar refractivity (Wildman–Crippen MR) is 76.7 cm³/mol. The molecule has 4 nitrogen and oxygen atoms in total. The highest BCUT2D eigenvalue weighted by molar-refractivity contribution is 8.00. The number of nitro groups is 1. The highest BCUT2D eigenvalue weighted by atomic mass is 35.5. The first-order valence-corrected chi connectivity index (χ1v) is 7.40. The molecule has 1 fully saturated rings. The van der Waals surface area contributed by atoms with E-state index in [9.17, 15) is 10.1 Å². The molecule has 0 bridgehead atoms. The first-order chi connectivity index (χ1) is 8.56. The van der Waals surface area contributed by atoms with Crippen LogP contribution in [0.15, 0.2) is 18.2 Å². The molecule has 0 aromatic heterocycles. The van der Waals surface area contributed by atoms with Crippen molar-refractivity contribution >= 4 is 34.7 Å². The van der Waals surface area contributed by atoms with Gasteiger partial charge in [-0.25, -0.2) is 0 Å². The molecule has 0 spiro atoms. The first kappa shape index (κ1) is 13.5. The summed E-state index contributed by atoms with van der Waals surface area (Å²) < 4.78 is 0.232. The number of anilines is 1. The van der Waals surface area contributed by atoms with Gasteiger partial charge >= 0.3 is 0 Å². The summed E-state index contributed by atoms with van der Waals surface area (Å²) in [5.41, 5.74) is 0.586. The van der Waals surface area contributed by atoms with E-state index in [1.54, 1.807) is 12.1 Å². The quantitative estimate of drug-likeness (QED) is 0.658. The van der Waals surface area contributed by atoms with Gasteiger partial charge in [-0.1, -0.05) is 18.0 Å². The number of rotatable bonds is 5. The monoisotopic (exact) mass is 286 g/mol. The van der Waals surface area contributed by atoms with Crippen molar-refractivity contribution in [1.29, 1.82) is 0 Å². The molecule has 1 N–H and O–H groups in total. The van der Waals surface area contributed by atoms with Crippen LogP contribution in [-0.2, 0) is 0 Å². The fraction of sp³-hybridized carbons (Fsp3) is 0.500. The van der Waals surface area contributed by atoms with Gasteiger partial charge < -0.3 is 5.32 Å². The zero-order chi connectivity index (χ0) is 13.2. The Labute approximate surface area is 115 Å². The Balaban J connectivity index is 2.12. The van der Waals surface area contributed by atoms with Crippen molar-refractivity contribution in [3.63, 3.8) is 0 Å². The van der Waals surface area contributed by atoms with Crippen molar-refractivity contribution in [3.8, 4) is 0 Å². The summed E-state index contributed by atoms with van der Waals surface area (Å²) in [5, 5.41) is 14.6. The first-order valence-electron chi connectivity index (χ1n) is 5.79. The van der Waals surface area contributed by atoms with Crippen molar-refractivity contribution < 1.29 is 4.92 Å². The molecular weight excluding hydrogens is 272 g/mol. The third-order valence-corrected chi connectivity index (χ3v) is 5.11. The van der Waals surface area contributed by atoms with Crippen LogP contribution in [0.25, 0.3) is 0 Å². The number of nitro benzene ring substituents is 1. The molecule has 2 rings (SSSR count). The summed E-state index contributed by atoms with van der Waals surface area (Å²) in [7, 11) is 0. The Bertz CT molecular complexity index is 458. The number of hydrogen-bond acceptors (Lipinski definition) is 4. The Morgan fingerprint density at radius 3 is 2.78 bits per heavy atom. The number of halogens is 1. The average Bonchev–Trinajstić information content (AvgIpc) is 2.28. The molecule has 0 heterocycles. The summed E-state index contributed by atoms with van der Waals surface area (Å²) >= 11 is 7.72. The maximum absolute atomic E-state index is 10.9. The van der Waals surface area contributed by atoms with Gasteiger partial charge in [-0.05, 0) is 31.2 Å². The number of benzene rings is 1. The minimum atomic E-state index is -0.384. The van der Waals surface area contributed by atoms with Crippen LogP contribution >= 0.6 is 23.4 Å². The van der Waals surface area contributed by atoms with Crippen LogP contribution in [0, 0.1) is 10.1 Å². The third kappa shape index (κ3) is 2.72. The van der Waals surface area contributed by atoms with Crippen molar-refractivity contribution in [2.75, 3.05) is 18.1 Å². The molecule has 1 aromatic carbocycles. The fourth-order valence-corrected chi connectivity index (χ4v) is 3.18. The molecule has 18 heavy (non-hydrogen) atoms. The topological polar surface area (TPSA) is 55.2 Å². The van der Waals surface area contributed by atoms with Crippen molar-refractivity contribution in [2.45, 2.75) is 24.0 Å². The summed E-state index contributed by atoms with van der Waals surface area (Å²) in [4.78, 5) is 10.5. The lowest BCUT2D eigenvalue weighted by Crippen LogP contribution is -2.40. The van der Waals surface area contributed by atoms with Crippen molar-refractivity contribution in [3.05, 3.63) is 33.3 Å². The lowest BCUT2D eigenvalue weighted by Gasteiger charge is -2.40. The molecule has 1 saturated carbocycles. The molecule has 0 amide bonds. The smallest absolute Gasteiger partial charge is 0.292 e. The maximum atomic E-state index is 10.9. The maximum Gasteiger partial charge on any atom is 0.292 e.